The van der Waals surface area contributed by atoms with Gasteiger partial charge >= 0.3 is 0 Å². The van der Waals surface area contributed by atoms with Crippen molar-refractivity contribution in [1.29, 1.82) is 0 Å². The summed E-state index contributed by atoms with van der Waals surface area (Å²) in [7, 11) is 0. The van der Waals surface area contributed by atoms with Crippen LogP contribution in [0.2, 0.25) is 0 Å². The third-order valence-electron chi connectivity index (χ3n) is 5.93. The molecule has 1 unspecified atom stereocenters. The van der Waals surface area contributed by atoms with Gasteiger partial charge in [0, 0.05) is 6.54 Å². The first-order valence-electron chi connectivity index (χ1n) is 9.61. The van der Waals surface area contributed by atoms with E-state index in [1.54, 1.807) is 18.2 Å². The second-order valence-electron chi connectivity index (χ2n) is 7.64. The lowest BCUT2D eigenvalue weighted by atomic mass is 9.85. The fraction of sp³-hybridized carbons (Fsp3) is 0.435. The predicted octanol–water partition coefficient (Wildman–Crippen LogP) is 4.83. The van der Waals surface area contributed by atoms with Crippen molar-refractivity contribution in [2.45, 2.75) is 38.8 Å². The Morgan fingerprint density at radius 3 is 2.48 bits per heavy atom. The van der Waals surface area contributed by atoms with Crippen LogP contribution in [0.5, 0.6) is 0 Å². The normalized spacial score (nSPS) is 28.8. The van der Waals surface area contributed by atoms with Crippen molar-refractivity contribution in [2.24, 2.45) is 11.8 Å². The minimum absolute atomic E-state index is 0.00513. The van der Waals surface area contributed by atoms with Gasteiger partial charge in [0.25, 0.3) is 5.91 Å². The predicted molar refractivity (Wildman–Crippen MR) is 106 cm³/mol. The smallest absolute Gasteiger partial charge is 0.252 e. The molecule has 2 heterocycles. The molecule has 0 aliphatic carbocycles. The highest BCUT2D eigenvalue weighted by Gasteiger charge is 2.38. The average molecular weight is 369 g/mol. The maximum absolute atomic E-state index is 13.5. The SMILES string of the molecule is C=CC1=C(C=C)[C@H](c2ccc(F)cc2)N(C(=O)[C@H]2CC(C)[C@@H](C)CO2)CC1. The molecule has 144 valence electrons. The van der Waals surface area contributed by atoms with Crippen LogP contribution in [0.15, 0.2) is 60.7 Å². The zero-order chi connectivity index (χ0) is 19.6. The molecular formula is C23H28FNO2. The maximum atomic E-state index is 13.5. The van der Waals surface area contributed by atoms with Crippen LogP contribution in [0.3, 0.4) is 0 Å². The molecule has 1 aromatic carbocycles. The lowest BCUT2D eigenvalue weighted by Crippen LogP contribution is -2.48. The molecule has 1 fully saturated rings. The van der Waals surface area contributed by atoms with Gasteiger partial charge in [-0.2, -0.15) is 0 Å². The van der Waals surface area contributed by atoms with Crippen molar-refractivity contribution in [3.8, 4) is 0 Å². The molecule has 0 saturated carbocycles. The van der Waals surface area contributed by atoms with Gasteiger partial charge in [-0.1, -0.05) is 51.3 Å². The Bertz CT molecular complexity index is 752. The first kappa shape index (κ1) is 19.6. The van der Waals surface area contributed by atoms with E-state index in [2.05, 4.69) is 27.0 Å². The molecule has 0 radical (unpaired) electrons. The Kier molecular flexibility index (Phi) is 5.95. The van der Waals surface area contributed by atoms with Gasteiger partial charge in [0.2, 0.25) is 0 Å². The third kappa shape index (κ3) is 3.91. The number of nitrogens with zero attached hydrogens (tertiary/aromatic N) is 1. The van der Waals surface area contributed by atoms with Crippen LogP contribution in [0.1, 0.15) is 38.3 Å². The highest BCUT2D eigenvalue weighted by molar-refractivity contribution is 5.82. The summed E-state index contributed by atoms with van der Waals surface area (Å²) in [6.45, 7) is 13.4. The van der Waals surface area contributed by atoms with Gasteiger partial charge < -0.3 is 9.64 Å². The molecule has 2 aliphatic rings. The fourth-order valence-electron chi connectivity index (χ4n) is 3.99. The Hall–Kier alpha value is -2.20. The van der Waals surface area contributed by atoms with E-state index in [0.29, 0.717) is 25.0 Å². The molecule has 0 spiro atoms. The summed E-state index contributed by atoms with van der Waals surface area (Å²) in [5, 5.41) is 0. The number of carbonyl (C=O) groups excluding carboxylic acids is 1. The number of halogens is 1. The van der Waals surface area contributed by atoms with E-state index in [1.165, 1.54) is 12.1 Å². The van der Waals surface area contributed by atoms with Gasteiger partial charge in [0.05, 0.1) is 12.6 Å². The number of ether oxygens (including phenoxy) is 1. The largest absolute Gasteiger partial charge is 0.368 e. The zero-order valence-corrected chi connectivity index (χ0v) is 16.2. The zero-order valence-electron chi connectivity index (χ0n) is 16.2. The summed E-state index contributed by atoms with van der Waals surface area (Å²) in [4.78, 5) is 15.2. The van der Waals surface area contributed by atoms with E-state index in [-0.39, 0.29) is 17.8 Å². The molecule has 4 heteroatoms. The summed E-state index contributed by atoms with van der Waals surface area (Å²) >= 11 is 0. The van der Waals surface area contributed by atoms with Crippen LogP contribution < -0.4 is 0 Å². The van der Waals surface area contributed by atoms with Gasteiger partial charge in [-0.05, 0) is 53.5 Å². The average Bonchev–Trinajstić information content (AvgIpc) is 2.69. The van der Waals surface area contributed by atoms with Gasteiger partial charge in [0.15, 0.2) is 0 Å². The summed E-state index contributed by atoms with van der Waals surface area (Å²) < 4.78 is 19.3. The summed E-state index contributed by atoms with van der Waals surface area (Å²) in [5.41, 5.74) is 2.90. The maximum Gasteiger partial charge on any atom is 0.252 e. The molecule has 1 amide bonds. The van der Waals surface area contributed by atoms with E-state index in [0.717, 1.165) is 29.6 Å². The lowest BCUT2D eigenvalue weighted by molar-refractivity contribution is -0.152. The Morgan fingerprint density at radius 1 is 1.19 bits per heavy atom. The van der Waals surface area contributed by atoms with Crippen molar-refractivity contribution in [3.05, 3.63) is 72.1 Å². The van der Waals surface area contributed by atoms with Crippen molar-refractivity contribution in [3.63, 3.8) is 0 Å². The van der Waals surface area contributed by atoms with Crippen LogP contribution in [0, 0.1) is 17.7 Å². The number of hydrogen-bond donors (Lipinski definition) is 0. The van der Waals surface area contributed by atoms with Crippen LogP contribution in [0.25, 0.3) is 0 Å². The summed E-state index contributed by atoms with van der Waals surface area (Å²) in [6, 6.07) is 6.05. The number of hydrogen-bond acceptors (Lipinski definition) is 2. The van der Waals surface area contributed by atoms with Gasteiger partial charge in [-0.25, -0.2) is 4.39 Å². The van der Waals surface area contributed by atoms with Gasteiger partial charge in [0.1, 0.15) is 11.9 Å². The Morgan fingerprint density at radius 2 is 1.89 bits per heavy atom. The monoisotopic (exact) mass is 369 g/mol. The molecule has 27 heavy (non-hydrogen) atoms. The van der Waals surface area contributed by atoms with Crippen LogP contribution in [-0.4, -0.2) is 30.1 Å². The first-order chi connectivity index (χ1) is 13.0. The number of amides is 1. The van der Waals surface area contributed by atoms with Gasteiger partial charge in [-0.3, -0.25) is 4.79 Å². The quantitative estimate of drug-likeness (QED) is 0.761. The summed E-state index contributed by atoms with van der Waals surface area (Å²) in [5.74, 6) is 0.615. The molecule has 3 rings (SSSR count). The Labute approximate surface area is 161 Å². The lowest BCUT2D eigenvalue weighted by Gasteiger charge is -2.41. The molecule has 0 N–H and O–H groups in total. The van der Waals surface area contributed by atoms with Crippen LogP contribution in [-0.2, 0) is 9.53 Å². The van der Waals surface area contributed by atoms with Gasteiger partial charge in [-0.15, -0.1) is 0 Å². The van der Waals surface area contributed by atoms with Crippen molar-refractivity contribution >= 4 is 5.91 Å². The van der Waals surface area contributed by atoms with E-state index in [1.807, 2.05) is 11.0 Å². The second kappa shape index (κ2) is 8.22. The molecule has 0 aromatic heterocycles. The number of allylic oxidation sites excluding steroid dienone is 1. The fourth-order valence-corrected chi connectivity index (χ4v) is 3.99. The third-order valence-corrected chi connectivity index (χ3v) is 5.93. The summed E-state index contributed by atoms with van der Waals surface area (Å²) in [6.07, 6.45) is 4.66. The molecule has 4 atom stereocenters. The minimum atomic E-state index is -0.421. The molecular weight excluding hydrogens is 341 g/mol. The highest BCUT2D eigenvalue weighted by Crippen LogP contribution is 2.38. The Balaban J connectivity index is 1.96. The van der Waals surface area contributed by atoms with E-state index >= 15 is 0 Å². The molecule has 1 saturated heterocycles. The molecule has 3 nitrogen and oxygen atoms in total. The van der Waals surface area contributed by atoms with Crippen molar-refractivity contribution in [2.75, 3.05) is 13.2 Å². The topological polar surface area (TPSA) is 29.5 Å². The first-order valence-corrected chi connectivity index (χ1v) is 9.61. The highest BCUT2D eigenvalue weighted by atomic mass is 19.1. The van der Waals surface area contributed by atoms with Crippen LogP contribution >= 0.6 is 0 Å². The minimum Gasteiger partial charge on any atom is -0.368 e. The van der Waals surface area contributed by atoms with E-state index < -0.39 is 6.10 Å². The second-order valence-corrected chi connectivity index (χ2v) is 7.64. The van der Waals surface area contributed by atoms with E-state index in [9.17, 15) is 9.18 Å². The standard InChI is InChI=1S/C23H28FNO2/c1-5-17-11-12-25(23(26)21-13-15(3)16(4)14-27-21)22(20(17)6-2)18-7-9-19(24)10-8-18/h5-10,15-16,21-22H,1-2,11-14H2,3-4H3/t15?,16-,21+,22-/m0/s1. The number of carbonyl (C=O) groups is 1. The van der Waals surface area contributed by atoms with E-state index in [4.69, 9.17) is 4.74 Å². The number of rotatable bonds is 4. The molecule has 0 bridgehead atoms. The number of benzene rings is 1. The van der Waals surface area contributed by atoms with Crippen molar-refractivity contribution < 1.29 is 13.9 Å². The van der Waals surface area contributed by atoms with Crippen LogP contribution in [0.4, 0.5) is 4.39 Å². The van der Waals surface area contributed by atoms with Crippen molar-refractivity contribution in [1.82, 2.24) is 4.90 Å². The molecule has 1 aromatic rings. The molecule has 2 aliphatic heterocycles.